The number of aryl methyl sites for hydroxylation is 2. The fourth-order valence-electron chi connectivity index (χ4n) is 3.72. The summed E-state index contributed by atoms with van der Waals surface area (Å²) in [6.45, 7) is 5.68. The first-order valence-corrected chi connectivity index (χ1v) is 12.1. The number of ether oxygens (including phenoxy) is 2. The third-order valence-electron chi connectivity index (χ3n) is 5.26. The fourth-order valence-corrected chi connectivity index (χ4v) is 5.17. The van der Waals surface area contributed by atoms with Crippen molar-refractivity contribution in [2.24, 2.45) is 0 Å². The van der Waals surface area contributed by atoms with Crippen molar-refractivity contribution in [2.75, 3.05) is 5.32 Å². The van der Waals surface area contributed by atoms with Gasteiger partial charge in [0.25, 0.3) is 5.91 Å². The van der Waals surface area contributed by atoms with Crippen LogP contribution in [-0.4, -0.2) is 27.8 Å². The SMILES string of the molecule is Cc1ccc(Cl)c(OCn2ccc(C(=O)Nc3sc4c(c3C(=O)OC(C)C)CCCC4)n2)c1. The highest BCUT2D eigenvalue weighted by Gasteiger charge is 2.28. The Labute approximate surface area is 201 Å². The molecule has 9 heteroatoms. The van der Waals surface area contributed by atoms with Gasteiger partial charge < -0.3 is 14.8 Å². The Morgan fingerprint density at radius 1 is 1.24 bits per heavy atom. The molecule has 33 heavy (non-hydrogen) atoms. The van der Waals surface area contributed by atoms with E-state index in [1.54, 1.807) is 18.3 Å². The molecule has 2 aromatic heterocycles. The molecule has 1 aromatic carbocycles. The first-order chi connectivity index (χ1) is 15.8. The topological polar surface area (TPSA) is 82.5 Å². The molecule has 174 valence electrons. The number of esters is 1. The molecule has 0 saturated carbocycles. The maximum absolute atomic E-state index is 12.9. The number of nitrogens with zero attached hydrogens (tertiary/aromatic N) is 2. The summed E-state index contributed by atoms with van der Waals surface area (Å²) in [6.07, 6.45) is 5.25. The second kappa shape index (κ2) is 9.97. The maximum Gasteiger partial charge on any atom is 0.341 e. The van der Waals surface area contributed by atoms with Crippen LogP contribution >= 0.6 is 22.9 Å². The summed E-state index contributed by atoms with van der Waals surface area (Å²) >= 11 is 7.62. The highest BCUT2D eigenvalue weighted by Crippen LogP contribution is 2.39. The van der Waals surface area contributed by atoms with Crippen molar-refractivity contribution in [3.05, 3.63) is 62.7 Å². The highest BCUT2D eigenvalue weighted by molar-refractivity contribution is 7.17. The number of carbonyl (C=O) groups is 2. The average molecular weight is 488 g/mol. The second-order valence-corrected chi connectivity index (χ2v) is 9.78. The summed E-state index contributed by atoms with van der Waals surface area (Å²) in [5.41, 5.74) is 2.73. The van der Waals surface area contributed by atoms with Gasteiger partial charge in [-0.2, -0.15) is 5.10 Å². The molecule has 1 N–H and O–H groups in total. The number of nitrogens with one attached hydrogen (secondary N) is 1. The number of benzene rings is 1. The zero-order valence-corrected chi connectivity index (χ0v) is 20.4. The average Bonchev–Trinajstić information content (AvgIpc) is 3.38. The Kier molecular flexibility index (Phi) is 7.05. The van der Waals surface area contributed by atoms with E-state index in [4.69, 9.17) is 21.1 Å². The van der Waals surface area contributed by atoms with Gasteiger partial charge in [0.05, 0.1) is 16.7 Å². The molecule has 1 amide bonds. The minimum absolute atomic E-state index is 0.107. The summed E-state index contributed by atoms with van der Waals surface area (Å²) in [5.74, 6) is -0.233. The number of fused-ring (bicyclic) bond motifs is 1. The van der Waals surface area contributed by atoms with E-state index in [0.29, 0.717) is 21.3 Å². The molecule has 2 heterocycles. The third-order valence-corrected chi connectivity index (χ3v) is 6.78. The molecule has 7 nitrogen and oxygen atoms in total. The van der Waals surface area contributed by atoms with E-state index in [-0.39, 0.29) is 24.4 Å². The molecule has 4 rings (SSSR count). The number of anilines is 1. The monoisotopic (exact) mass is 487 g/mol. The van der Waals surface area contributed by atoms with Crippen LogP contribution in [0.5, 0.6) is 5.75 Å². The smallest absolute Gasteiger partial charge is 0.341 e. The summed E-state index contributed by atoms with van der Waals surface area (Å²) in [5, 5.41) is 8.22. The van der Waals surface area contributed by atoms with E-state index in [1.165, 1.54) is 16.0 Å². The first-order valence-electron chi connectivity index (χ1n) is 10.9. The lowest BCUT2D eigenvalue weighted by Gasteiger charge is -2.14. The lowest BCUT2D eigenvalue weighted by molar-refractivity contribution is 0.0378. The highest BCUT2D eigenvalue weighted by atomic mass is 35.5. The van der Waals surface area contributed by atoms with Gasteiger partial charge >= 0.3 is 5.97 Å². The molecule has 0 radical (unpaired) electrons. The van der Waals surface area contributed by atoms with Crippen LogP contribution in [0.3, 0.4) is 0 Å². The molecular weight excluding hydrogens is 462 g/mol. The second-order valence-electron chi connectivity index (χ2n) is 8.27. The first kappa shape index (κ1) is 23.3. The molecule has 0 bridgehead atoms. The van der Waals surface area contributed by atoms with Crippen LogP contribution in [0.1, 0.15) is 63.5 Å². The maximum atomic E-state index is 12.9. The van der Waals surface area contributed by atoms with Crippen LogP contribution < -0.4 is 10.1 Å². The normalized spacial score (nSPS) is 13.0. The molecule has 0 fully saturated rings. The molecule has 1 aliphatic carbocycles. The molecule has 0 aliphatic heterocycles. The van der Waals surface area contributed by atoms with Gasteiger partial charge in [-0.25, -0.2) is 9.48 Å². The van der Waals surface area contributed by atoms with Crippen molar-refractivity contribution in [3.8, 4) is 5.75 Å². The van der Waals surface area contributed by atoms with Gasteiger partial charge in [0.1, 0.15) is 10.8 Å². The van der Waals surface area contributed by atoms with Crippen molar-refractivity contribution in [2.45, 2.75) is 59.3 Å². The van der Waals surface area contributed by atoms with Gasteiger partial charge in [-0.3, -0.25) is 4.79 Å². The molecule has 1 aliphatic rings. The molecule has 3 aromatic rings. The summed E-state index contributed by atoms with van der Waals surface area (Å²) < 4.78 is 12.7. The summed E-state index contributed by atoms with van der Waals surface area (Å²) in [6, 6.07) is 7.13. The van der Waals surface area contributed by atoms with Crippen molar-refractivity contribution < 1.29 is 19.1 Å². The molecule has 0 spiro atoms. The van der Waals surface area contributed by atoms with Gasteiger partial charge in [-0.05, 0) is 75.8 Å². The molecular formula is C24H26ClN3O4S. The van der Waals surface area contributed by atoms with E-state index in [0.717, 1.165) is 41.7 Å². The van der Waals surface area contributed by atoms with Gasteiger partial charge in [-0.1, -0.05) is 17.7 Å². The Bertz CT molecular complexity index is 1180. The van der Waals surface area contributed by atoms with Crippen molar-refractivity contribution in [3.63, 3.8) is 0 Å². The Hall–Kier alpha value is -2.84. The molecule has 0 unspecified atom stereocenters. The van der Waals surface area contributed by atoms with E-state index in [2.05, 4.69) is 10.4 Å². The minimum atomic E-state index is -0.395. The lowest BCUT2D eigenvalue weighted by Crippen LogP contribution is -2.18. The van der Waals surface area contributed by atoms with E-state index >= 15 is 0 Å². The minimum Gasteiger partial charge on any atom is -0.470 e. The Balaban J connectivity index is 1.49. The standard InChI is InChI=1S/C24H26ClN3O4S/c1-14(2)32-24(30)21-16-6-4-5-7-20(16)33-23(21)26-22(29)18-10-11-28(27-18)13-31-19-12-15(3)8-9-17(19)25/h8-12,14H,4-7,13H2,1-3H3,(H,26,29). The van der Waals surface area contributed by atoms with Crippen molar-refractivity contribution in [1.29, 1.82) is 0 Å². The Morgan fingerprint density at radius 2 is 2.03 bits per heavy atom. The number of aromatic nitrogens is 2. The third kappa shape index (κ3) is 5.39. The fraction of sp³-hybridized carbons (Fsp3) is 0.375. The van der Waals surface area contributed by atoms with Crippen LogP contribution in [0.15, 0.2) is 30.5 Å². The predicted octanol–water partition coefficient (Wildman–Crippen LogP) is 5.64. The van der Waals surface area contributed by atoms with Crippen molar-refractivity contribution >= 4 is 39.8 Å². The van der Waals surface area contributed by atoms with E-state index in [1.807, 2.05) is 32.9 Å². The number of hydrogen-bond donors (Lipinski definition) is 1. The molecule has 0 saturated heterocycles. The van der Waals surface area contributed by atoms with Gasteiger partial charge in [0.15, 0.2) is 12.4 Å². The number of hydrogen-bond acceptors (Lipinski definition) is 6. The van der Waals surface area contributed by atoms with Crippen molar-refractivity contribution in [1.82, 2.24) is 9.78 Å². The number of thiophene rings is 1. The number of carbonyl (C=O) groups excluding carboxylic acids is 2. The van der Waals surface area contributed by atoms with Crippen LogP contribution in [0.25, 0.3) is 0 Å². The zero-order chi connectivity index (χ0) is 23.5. The number of amides is 1. The number of halogens is 1. The van der Waals surface area contributed by atoms with Gasteiger partial charge in [0, 0.05) is 11.1 Å². The largest absolute Gasteiger partial charge is 0.470 e. The number of rotatable bonds is 7. The zero-order valence-electron chi connectivity index (χ0n) is 18.8. The summed E-state index contributed by atoms with van der Waals surface area (Å²) in [4.78, 5) is 26.8. The van der Waals surface area contributed by atoms with Crippen LogP contribution in [0.4, 0.5) is 5.00 Å². The summed E-state index contributed by atoms with van der Waals surface area (Å²) in [7, 11) is 0. The van der Waals surface area contributed by atoms with Gasteiger partial charge in [0.2, 0.25) is 0 Å². The molecule has 0 atom stereocenters. The van der Waals surface area contributed by atoms with Crippen LogP contribution in [0.2, 0.25) is 5.02 Å². The Morgan fingerprint density at radius 3 is 2.82 bits per heavy atom. The van der Waals surface area contributed by atoms with E-state index < -0.39 is 5.97 Å². The lowest BCUT2D eigenvalue weighted by atomic mass is 9.95. The van der Waals surface area contributed by atoms with Crippen LogP contribution in [0, 0.1) is 6.92 Å². The quantitative estimate of drug-likeness (QED) is 0.436. The van der Waals surface area contributed by atoms with E-state index in [9.17, 15) is 9.59 Å². The predicted molar refractivity (Wildman–Crippen MR) is 129 cm³/mol. The van der Waals surface area contributed by atoms with Crippen LogP contribution in [-0.2, 0) is 24.3 Å². The van der Waals surface area contributed by atoms with Gasteiger partial charge in [-0.15, -0.1) is 11.3 Å².